The monoisotopic (exact) mass is 261 g/mol. The van der Waals surface area contributed by atoms with Crippen LogP contribution in [0.1, 0.15) is 18.9 Å². The van der Waals surface area contributed by atoms with E-state index < -0.39 is 40.1 Å². The van der Waals surface area contributed by atoms with Gasteiger partial charge in [0.25, 0.3) is 0 Å². The number of nitrogens with zero attached hydrogens (tertiary/aromatic N) is 1. The summed E-state index contributed by atoms with van der Waals surface area (Å²) in [5.74, 6) is -10.3. The molecule has 0 amide bonds. The van der Waals surface area contributed by atoms with Crippen molar-refractivity contribution in [2.24, 2.45) is 0 Å². The minimum atomic E-state index is -2.24. The highest BCUT2D eigenvalue weighted by Gasteiger charge is 2.37. The number of hydrogen-bond acceptors (Lipinski definition) is 1. The van der Waals surface area contributed by atoms with Crippen LogP contribution in [-0.4, -0.2) is 0 Å². The van der Waals surface area contributed by atoms with Crippen molar-refractivity contribution in [3.63, 3.8) is 0 Å². The topological polar surface area (TPSA) is 23.8 Å². The van der Waals surface area contributed by atoms with E-state index in [0.29, 0.717) is 0 Å². The summed E-state index contributed by atoms with van der Waals surface area (Å²) >= 11 is 0. The summed E-state index contributed by atoms with van der Waals surface area (Å²) in [6.45, 7) is 4.36. The molecule has 6 heteroatoms. The third-order valence-corrected chi connectivity index (χ3v) is 2.56. The molecule has 0 aromatic heterocycles. The molecule has 0 radical (unpaired) electrons. The van der Waals surface area contributed by atoms with E-state index in [1.54, 1.807) is 6.07 Å². The van der Waals surface area contributed by atoms with Crippen molar-refractivity contribution >= 4 is 0 Å². The average molecular weight is 261 g/mol. The average Bonchev–Trinajstić information content (AvgIpc) is 2.34. The van der Waals surface area contributed by atoms with Gasteiger partial charge in [-0.05, 0) is 13.3 Å². The van der Waals surface area contributed by atoms with Crippen LogP contribution in [0.15, 0.2) is 12.7 Å². The number of hydrogen-bond donors (Lipinski definition) is 0. The lowest BCUT2D eigenvalue weighted by Crippen LogP contribution is -2.24. The van der Waals surface area contributed by atoms with Crippen LogP contribution in [0, 0.1) is 40.4 Å². The van der Waals surface area contributed by atoms with Gasteiger partial charge in [-0.2, -0.15) is 5.26 Å². The van der Waals surface area contributed by atoms with Crippen molar-refractivity contribution in [3.8, 4) is 6.07 Å². The largest absolute Gasteiger partial charge is 0.203 e. The molecule has 1 rings (SSSR count). The van der Waals surface area contributed by atoms with Crippen LogP contribution in [0.4, 0.5) is 22.0 Å². The highest BCUT2D eigenvalue weighted by Crippen LogP contribution is 2.35. The highest BCUT2D eigenvalue weighted by atomic mass is 19.2. The molecule has 1 aromatic rings. The van der Waals surface area contributed by atoms with Crippen molar-refractivity contribution in [1.82, 2.24) is 0 Å². The molecule has 1 nitrogen and oxygen atoms in total. The van der Waals surface area contributed by atoms with Gasteiger partial charge < -0.3 is 0 Å². The smallest absolute Gasteiger partial charge is 0.200 e. The molecule has 1 aromatic carbocycles. The second kappa shape index (κ2) is 4.77. The van der Waals surface area contributed by atoms with Crippen LogP contribution in [0.3, 0.4) is 0 Å². The van der Waals surface area contributed by atoms with Gasteiger partial charge in [0.1, 0.15) is 0 Å². The van der Waals surface area contributed by atoms with E-state index in [-0.39, 0.29) is 6.42 Å². The van der Waals surface area contributed by atoms with Crippen LogP contribution in [-0.2, 0) is 5.41 Å². The van der Waals surface area contributed by atoms with Crippen LogP contribution in [0.25, 0.3) is 0 Å². The molecular weight excluding hydrogens is 253 g/mol. The summed E-state index contributed by atoms with van der Waals surface area (Å²) in [7, 11) is 0. The fourth-order valence-electron chi connectivity index (χ4n) is 1.58. The van der Waals surface area contributed by atoms with E-state index in [9.17, 15) is 22.0 Å². The molecule has 0 aliphatic heterocycles. The number of rotatable bonds is 3. The summed E-state index contributed by atoms with van der Waals surface area (Å²) in [6, 6.07) is 1.54. The lowest BCUT2D eigenvalue weighted by atomic mass is 9.80. The van der Waals surface area contributed by atoms with Gasteiger partial charge >= 0.3 is 0 Å². The van der Waals surface area contributed by atoms with E-state index in [1.807, 2.05) is 0 Å². The summed E-state index contributed by atoms with van der Waals surface area (Å²) in [4.78, 5) is 0. The van der Waals surface area contributed by atoms with Crippen molar-refractivity contribution in [2.75, 3.05) is 0 Å². The molecule has 0 heterocycles. The maximum absolute atomic E-state index is 13.5. The van der Waals surface area contributed by atoms with E-state index in [0.717, 1.165) is 6.92 Å². The normalized spacial score (nSPS) is 13.8. The quantitative estimate of drug-likeness (QED) is 0.352. The zero-order chi connectivity index (χ0) is 14.1. The third-order valence-electron chi connectivity index (χ3n) is 2.56. The lowest BCUT2D eigenvalue weighted by molar-refractivity contribution is 0.356. The molecule has 0 N–H and O–H groups in total. The van der Waals surface area contributed by atoms with Gasteiger partial charge in [-0.25, -0.2) is 22.0 Å². The Morgan fingerprint density at radius 2 is 1.44 bits per heavy atom. The Balaban J connectivity index is 3.71. The Kier molecular flexibility index (Phi) is 3.75. The van der Waals surface area contributed by atoms with E-state index >= 15 is 0 Å². The Morgan fingerprint density at radius 3 is 1.78 bits per heavy atom. The van der Waals surface area contributed by atoms with Gasteiger partial charge in [0, 0.05) is 0 Å². The maximum atomic E-state index is 13.5. The minimum Gasteiger partial charge on any atom is -0.203 e. The predicted octanol–water partition coefficient (Wildman–Crippen LogP) is 3.74. The molecule has 0 saturated heterocycles. The van der Waals surface area contributed by atoms with Gasteiger partial charge in [-0.1, -0.05) is 6.08 Å². The first-order chi connectivity index (χ1) is 8.30. The molecule has 1 unspecified atom stereocenters. The molecule has 0 saturated carbocycles. The van der Waals surface area contributed by atoms with E-state index in [2.05, 4.69) is 6.58 Å². The summed E-state index contributed by atoms with van der Waals surface area (Å²) in [5.41, 5.74) is -3.01. The van der Waals surface area contributed by atoms with Crippen molar-refractivity contribution < 1.29 is 22.0 Å². The Bertz CT molecular complexity index is 517. The van der Waals surface area contributed by atoms with Gasteiger partial charge in [0.2, 0.25) is 5.82 Å². The highest BCUT2D eigenvalue weighted by molar-refractivity contribution is 5.36. The van der Waals surface area contributed by atoms with Gasteiger partial charge in [-0.15, -0.1) is 6.58 Å². The van der Waals surface area contributed by atoms with Gasteiger partial charge in [0.05, 0.1) is 17.0 Å². The number of allylic oxidation sites excluding steroid dienone is 1. The second-order valence-corrected chi connectivity index (χ2v) is 3.88. The zero-order valence-corrected chi connectivity index (χ0v) is 9.33. The molecular formula is C12H8F5N. The van der Waals surface area contributed by atoms with Crippen LogP contribution >= 0.6 is 0 Å². The Morgan fingerprint density at radius 1 is 1.06 bits per heavy atom. The second-order valence-electron chi connectivity index (χ2n) is 3.88. The van der Waals surface area contributed by atoms with Crippen LogP contribution < -0.4 is 0 Å². The third kappa shape index (κ3) is 1.96. The number of halogens is 5. The molecule has 96 valence electrons. The first-order valence-corrected chi connectivity index (χ1v) is 4.84. The molecule has 0 fully saturated rings. The fourth-order valence-corrected chi connectivity index (χ4v) is 1.58. The molecule has 0 aliphatic rings. The first kappa shape index (κ1) is 14.2. The summed E-state index contributed by atoms with van der Waals surface area (Å²) in [5, 5.41) is 8.90. The number of nitriles is 1. The van der Waals surface area contributed by atoms with Crippen molar-refractivity contribution in [3.05, 3.63) is 47.3 Å². The first-order valence-electron chi connectivity index (χ1n) is 4.84. The maximum Gasteiger partial charge on any atom is 0.200 e. The minimum absolute atomic E-state index is 0.248. The lowest BCUT2D eigenvalue weighted by Gasteiger charge is -2.22. The summed E-state index contributed by atoms with van der Waals surface area (Å²) < 4.78 is 65.9. The van der Waals surface area contributed by atoms with Crippen molar-refractivity contribution in [1.29, 1.82) is 5.26 Å². The standard InChI is InChI=1S/C12H8F5N/c1-3-4-12(2,5-18)6-7(13)9(15)11(17)10(16)8(6)14/h3H,1,4H2,2H3. The van der Waals surface area contributed by atoms with E-state index in [1.165, 1.54) is 6.08 Å². The molecule has 0 spiro atoms. The zero-order valence-electron chi connectivity index (χ0n) is 9.33. The molecule has 0 aliphatic carbocycles. The van der Waals surface area contributed by atoms with Crippen molar-refractivity contribution in [2.45, 2.75) is 18.8 Å². The Labute approximate surface area is 100 Å². The fraction of sp³-hybridized carbons (Fsp3) is 0.250. The SMILES string of the molecule is C=CCC(C)(C#N)c1c(F)c(F)c(F)c(F)c1F. The molecule has 0 bridgehead atoms. The predicted molar refractivity (Wildman–Crippen MR) is 54.0 cm³/mol. The Hall–Kier alpha value is -1.90. The van der Waals surface area contributed by atoms with Gasteiger partial charge in [-0.3, -0.25) is 0 Å². The summed E-state index contributed by atoms with van der Waals surface area (Å²) in [6.07, 6.45) is 0.920. The van der Waals surface area contributed by atoms with Gasteiger partial charge in [0.15, 0.2) is 23.3 Å². The number of benzene rings is 1. The van der Waals surface area contributed by atoms with Crippen LogP contribution in [0.5, 0.6) is 0 Å². The van der Waals surface area contributed by atoms with E-state index in [4.69, 9.17) is 5.26 Å². The molecule has 1 atom stereocenters. The van der Waals surface area contributed by atoms with Crippen LogP contribution in [0.2, 0.25) is 0 Å². The molecule has 18 heavy (non-hydrogen) atoms.